The van der Waals surface area contributed by atoms with Crippen LogP contribution in [-0.4, -0.2) is 34.2 Å². The fraction of sp³-hybridized carbons (Fsp3) is 0.579. The second kappa shape index (κ2) is 12.1. The molecule has 24 heavy (non-hydrogen) atoms. The Labute approximate surface area is 149 Å². The Morgan fingerprint density at radius 2 is 1.75 bits per heavy atom. The summed E-state index contributed by atoms with van der Waals surface area (Å²) in [6.45, 7) is 4.10. The minimum Gasteiger partial charge on any atom is -0.465 e. The molecule has 1 N–H and O–H groups in total. The van der Waals surface area contributed by atoms with E-state index in [0.29, 0.717) is 12.0 Å². The molecule has 0 aliphatic heterocycles. The van der Waals surface area contributed by atoms with Crippen LogP contribution in [0.15, 0.2) is 30.3 Å². The van der Waals surface area contributed by atoms with Gasteiger partial charge in [-0.15, -0.1) is 0 Å². The highest BCUT2D eigenvalue weighted by Crippen LogP contribution is 2.24. The van der Waals surface area contributed by atoms with Crippen LogP contribution in [-0.2, 0) is 9.53 Å². The maximum absolute atomic E-state index is 12.3. The Hall–Kier alpha value is -1.33. The third kappa shape index (κ3) is 7.49. The van der Waals surface area contributed by atoms with Crippen molar-refractivity contribution in [2.24, 2.45) is 0 Å². The summed E-state index contributed by atoms with van der Waals surface area (Å²) < 4.78 is 5.03. The van der Waals surface area contributed by atoms with Crippen LogP contribution in [0, 0.1) is 0 Å². The molecule has 0 amide bonds. The van der Waals surface area contributed by atoms with Crippen LogP contribution in [0.5, 0.6) is 0 Å². The van der Waals surface area contributed by atoms with Crippen molar-refractivity contribution in [3.05, 3.63) is 35.9 Å². The van der Waals surface area contributed by atoms with Gasteiger partial charge >= 0.3 is 5.97 Å². The van der Waals surface area contributed by atoms with E-state index in [1.165, 1.54) is 6.42 Å². The van der Waals surface area contributed by atoms with Crippen molar-refractivity contribution in [3.8, 4) is 0 Å². The molecule has 0 radical (unpaired) electrons. The van der Waals surface area contributed by atoms with E-state index in [4.69, 9.17) is 4.74 Å². The van der Waals surface area contributed by atoms with Crippen LogP contribution in [0.2, 0.25) is 0 Å². The molecule has 0 unspecified atom stereocenters. The highest BCUT2D eigenvalue weighted by molar-refractivity contribution is 8.15. The van der Waals surface area contributed by atoms with Gasteiger partial charge in [0.15, 0.2) is 0 Å². The molecule has 0 fully saturated rings. The van der Waals surface area contributed by atoms with Crippen LogP contribution in [0.1, 0.15) is 62.7 Å². The van der Waals surface area contributed by atoms with Gasteiger partial charge in [-0.2, -0.15) is 0 Å². The molecule has 0 aliphatic carbocycles. The van der Waals surface area contributed by atoms with Crippen molar-refractivity contribution in [1.29, 1.82) is 0 Å². The molecule has 1 aromatic carbocycles. The van der Waals surface area contributed by atoms with Crippen LogP contribution in [0.4, 0.5) is 0 Å². The lowest BCUT2D eigenvalue weighted by atomic mass is 10.1. The number of hydrogen-bond donors (Lipinski definition) is 1. The zero-order valence-corrected chi connectivity index (χ0v) is 15.4. The second-order valence-electron chi connectivity index (χ2n) is 5.71. The van der Waals surface area contributed by atoms with E-state index >= 15 is 0 Å². The van der Waals surface area contributed by atoms with Crippen LogP contribution in [0.3, 0.4) is 0 Å². The lowest BCUT2D eigenvalue weighted by Gasteiger charge is -2.20. The van der Waals surface area contributed by atoms with Crippen LogP contribution >= 0.6 is 11.8 Å². The van der Waals surface area contributed by atoms with Gasteiger partial charge in [-0.05, 0) is 13.3 Å². The summed E-state index contributed by atoms with van der Waals surface area (Å²) in [6, 6.07) is 8.79. The monoisotopic (exact) mass is 352 g/mol. The normalized spacial score (nSPS) is 13.3. The molecule has 0 saturated heterocycles. The van der Waals surface area contributed by atoms with Crippen molar-refractivity contribution in [3.63, 3.8) is 0 Å². The maximum Gasteiger partial charge on any atom is 0.322 e. The Bertz CT molecular complexity index is 489. The molecule has 0 aliphatic rings. The first-order chi connectivity index (χ1) is 11.6. The minimum absolute atomic E-state index is 0.223. The molecular weight excluding hydrogens is 324 g/mol. The third-order valence-corrected chi connectivity index (χ3v) is 4.93. The number of thioether (sulfide) groups is 1. The fourth-order valence-electron chi connectivity index (χ4n) is 2.37. The van der Waals surface area contributed by atoms with E-state index in [0.717, 1.165) is 37.4 Å². The molecule has 1 rings (SSSR count). The standard InChI is InChI=1S/C19H28O4S/c1-3-5-6-7-11-14-16(20)17(18(21)23-4-2)24-19(22)15-12-9-8-10-13-15/h8-10,12-13,16-17,20H,3-7,11,14H2,1-2H3/t16-,17-/m0/s1. The molecular formula is C19H28O4S. The highest BCUT2D eigenvalue weighted by atomic mass is 32.2. The molecule has 0 spiro atoms. The van der Waals surface area contributed by atoms with Gasteiger partial charge in [0.25, 0.3) is 0 Å². The first-order valence-electron chi connectivity index (χ1n) is 8.70. The van der Waals surface area contributed by atoms with Crippen molar-refractivity contribution in [2.75, 3.05) is 6.61 Å². The van der Waals surface area contributed by atoms with Gasteiger partial charge in [-0.3, -0.25) is 9.59 Å². The quantitative estimate of drug-likeness (QED) is 0.477. The van der Waals surface area contributed by atoms with Crippen LogP contribution in [0.25, 0.3) is 0 Å². The van der Waals surface area contributed by atoms with E-state index in [1.807, 2.05) is 6.07 Å². The maximum atomic E-state index is 12.3. The molecule has 5 heteroatoms. The van der Waals surface area contributed by atoms with Gasteiger partial charge in [0.05, 0.1) is 12.7 Å². The van der Waals surface area contributed by atoms with E-state index in [-0.39, 0.29) is 11.7 Å². The number of unbranched alkanes of at least 4 members (excludes halogenated alkanes) is 4. The van der Waals surface area contributed by atoms with Crippen molar-refractivity contribution >= 4 is 22.8 Å². The predicted octanol–water partition coefficient (Wildman–Crippen LogP) is 4.21. The summed E-state index contributed by atoms with van der Waals surface area (Å²) in [5.74, 6) is -0.521. The summed E-state index contributed by atoms with van der Waals surface area (Å²) in [6.07, 6.45) is 4.97. The third-order valence-electron chi connectivity index (χ3n) is 3.72. The summed E-state index contributed by atoms with van der Waals surface area (Å²) in [7, 11) is 0. The fourth-order valence-corrected chi connectivity index (χ4v) is 3.33. The summed E-state index contributed by atoms with van der Waals surface area (Å²) >= 11 is 0.859. The summed E-state index contributed by atoms with van der Waals surface area (Å²) in [5.41, 5.74) is 0.520. The summed E-state index contributed by atoms with van der Waals surface area (Å²) in [5, 5.41) is 9.29. The average Bonchev–Trinajstić information content (AvgIpc) is 2.60. The van der Waals surface area contributed by atoms with E-state index in [9.17, 15) is 14.7 Å². The molecule has 134 valence electrons. The van der Waals surface area contributed by atoms with Crippen LogP contribution < -0.4 is 0 Å². The Morgan fingerprint density at radius 3 is 2.38 bits per heavy atom. The largest absolute Gasteiger partial charge is 0.465 e. The number of hydrogen-bond acceptors (Lipinski definition) is 5. The number of aliphatic hydroxyl groups is 1. The molecule has 0 heterocycles. The highest BCUT2D eigenvalue weighted by Gasteiger charge is 2.31. The van der Waals surface area contributed by atoms with Crippen molar-refractivity contribution in [2.45, 2.75) is 63.7 Å². The molecule has 0 aromatic heterocycles. The first-order valence-corrected chi connectivity index (χ1v) is 9.58. The summed E-state index contributed by atoms with van der Waals surface area (Å²) in [4.78, 5) is 24.5. The number of benzene rings is 1. The number of carbonyl (C=O) groups excluding carboxylic acids is 2. The van der Waals surface area contributed by atoms with Gasteiger partial charge in [-0.25, -0.2) is 0 Å². The molecule has 4 nitrogen and oxygen atoms in total. The number of ether oxygens (including phenoxy) is 1. The number of esters is 1. The van der Waals surface area contributed by atoms with Gasteiger partial charge in [0.1, 0.15) is 5.25 Å². The first kappa shape index (κ1) is 20.7. The van der Waals surface area contributed by atoms with E-state index in [1.54, 1.807) is 31.2 Å². The van der Waals surface area contributed by atoms with Crippen molar-refractivity contribution < 1.29 is 19.4 Å². The zero-order valence-electron chi connectivity index (χ0n) is 14.6. The molecule has 2 atom stereocenters. The topological polar surface area (TPSA) is 63.6 Å². The Balaban J connectivity index is 2.62. The van der Waals surface area contributed by atoms with Gasteiger partial charge in [0, 0.05) is 5.56 Å². The number of rotatable bonds is 11. The predicted molar refractivity (Wildman–Crippen MR) is 98.2 cm³/mol. The van der Waals surface area contributed by atoms with E-state index < -0.39 is 17.3 Å². The SMILES string of the molecule is CCCCCCC[C@H](O)[C@H](SC(=O)c1ccccc1)C(=O)OCC. The molecule has 0 saturated carbocycles. The number of aliphatic hydroxyl groups excluding tert-OH is 1. The van der Waals surface area contributed by atoms with E-state index in [2.05, 4.69) is 6.92 Å². The van der Waals surface area contributed by atoms with Gasteiger partial charge in [0.2, 0.25) is 5.12 Å². The van der Waals surface area contributed by atoms with Crippen molar-refractivity contribution in [1.82, 2.24) is 0 Å². The molecule has 0 bridgehead atoms. The lowest BCUT2D eigenvalue weighted by Crippen LogP contribution is -2.34. The second-order valence-corrected chi connectivity index (χ2v) is 6.83. The number of carbonyl (C=O) groups is 2. The molecule has 1 aromatic rings. The Morgan fingerprint density at radius 1 is 1.08 bits per heavy atom. The minimum atomic E-state index is -0.872. The Kier molecular flexibility index (Phi) is 10.4. The average molecular weight is 352 g/mol. The zero-order chi connectivity index (χ0) is 17.8. The smallest absolute Gasteiger partial charge is 0.322 e. The van der Waals surface area contributed by atoms with Gasteiger partial charge in [-0.1, -0.05) is 81.1 Å². The lowest BCUT2D eigenvalue weighted by molar-refractivity contribution is -0.144. The van der Waals surface area contributed by atoms with Gasteiger partial charge < -0.3 is 9.84 Å².